The monoisotopic (exact) mass is 291 g/mol. The minimum Gasteiger partial charge on any atom is -0.308 e. The van der Waals surface area contributed by atoms with Gasteiger partial charge in [-0.15, -0.1) is 11.3 Å². The Morgan fingerprint density at radius 3 is 3.07 bits per heavy atom. The Morgan fingerprint density at radius 2 is 2.50 bits per heavy atom. The maximum absolute atomic E-state index is 3.61. The van der Waals surface area contributed by atoms with E-state index in [1.807, 2.05) is 11.3 Å². The summed E-state index contributed by atoms with van der Waals surface area (Å²) in [6, 6.07) is 2.83. The topological polar surface area (TPSA) is 12.0 Å². The Kier molecular flexibility index (Phi) is 3.93. The SMILES string of the molecule is CC1CC(NCc2sccc2Br)CS1. The minimum atomic E-state index is 0.712. The molecule has 2 atom stereocenters. The molecule has 78 valence electrons. The van der Waals surface area contributed by atoms with Crippen LogP contribution >= 0.6 is 39.0 Å². The van der Waals surface area contributed by atoms with Crippen LogP contribution in [0.3, 0.4) is 0 Å². The van der Waals surface area contributed by atoms with Gasteiger partial charge in [0.2, 0.25) is 0 Å². The van der Waals surface area contributed by atoms with E-state index < -0.39 is 0 Å². The maximum Gasteiger partial charge on any atom is 0.0327 e. The molecule has 14 heavy (non-hydrogen) atoms. The molecule has 0 amide bonds. The quantitative estimate of drug-likeness (QED) is 0.915. The van der Waals surface area contributed by atoms with Gasteiger partial charge in [-0.1, -0.05) is 6.92 Å². The van der Waals surface area contributed by atoms with Gasteiger partial charge < -0.3 is 5.32 Å². The maximum atomic E-state index is 3.61. The molecule has 2 heterocycles. The molecule has 1 saturated heterocycles. The van der Waals surface area contributed by atoms with E-state index in [4.69, 9.17) is 0 Å². The van der Waals surface area contributed by atoms with Crippen molar-refractivity contribution in [3.8, 4) is 0 Å². The van der Waals surface area contributed by atoms with Crippen molar-refractivity contribution in [3.63, 3.8) is 0 Å². The second-order valence-electron chi connectivity index (χ2n) is 3.65. The van der Waals surface area contributed by atoms with E-state index in [1.165, 1.54) is 21.5 Å². The van der Waals surface area contributed by atoms with Crippen molar-refractivity contribution >= 4 is 39.0 Å². The van der Waals surface area contributed by atoms with E-state index in [0.29, 0.717) is 6.04 Å². The van der Waals surface area contributed by atoms with E-state index in [2.05, 4.69) is 51.4 Å². The second kappa shape index (κ2) is 5.01. The zero-order chi connectivity index (χ0) is 9.97. The lowest BCUT2D eigenvalue weighted by molar-refractivity contribution is 0.541. The van der Waals surface area contributed by atoms with Crippen LogP contribution in [0.15, 0.2) is 15.9 Å². The van der Waals surface area contributed by atoms with Gasteiger partial charge in [0.15, 0.2) is 0 Å². The third-order valence-corrected chi connectivity index (χ3v) is 5.72. The Hall–Kier alpha value is 0.490. The van der Waals surface area contributed by atoms with Gasteiger partial charge in [-0.3, -0.25) is 0 Å². The average Bonchev–Trinajstić information content (AvgIpc) is 2.72. The normalized spacial score (nSPS) is 27.0. The van der Waals surface area contributed by atoms with Crippen molar-refractivity contribution in [1.82, 2.24) is 5.32 Å². The van der Waals surface area contributed by atoms with Gasteiger partial charge >= 0.3 is 0 Å². The minimum absolute atomic E-state index is 0.712. The van der Waals surface area contributed by atoms with Crippen LogP contribution in [0.2, 0.25) is 0 Å². The first-order valence-electron chi connectivity index (χ1n) is 4.82. The number of thiophene rings is 1. The Labute approximate surface area is 102 Å². The zero-order valence-electron chi connectivity index (χ0n) is 8.13. The van der Waals surface area contributed by atoms with E-state index in [-0.39, 0.29) is 0 Å². The Balaban J connectivity index is 1.80. The number of hydrogen-bond donors (Lipinski definition) is 1. The standard InChI is InChI=1S/C10H14BrNS2/c1-7-4-8(6-14-7)12-5-10-9(11)2-3-13-10/h2-3,7-8,12H,4-6H2,1H3. The van der Waals surface area contributed by atoms with Crippen LogP contribution in [0.25, 0.3) is 0 Å². The summed E-state index contributed by atoms with van der Waals surface area (Å²) < 4.78 is 1.24. The summed E-state index contributed by atoms with van der Waals surface area (Å²) in [6.45, 7) is 3.32. The van der Waals surface area contributed by atoms with Crippen molar-refractivity contribution in [2.24, 2.45) is 0 Å². The molecule has 1 aliphatic heterocycles. The van der Waals surface area contributed by atoms with Crippen LogP contribution in [0.5, 0.6) is 0 Å². The van der Waals surface area contributed by atoms with Crippen LogP contribution in [0.1, 0.15) is 18.2 Å². The third kappa shape index (κ3) is 2.75. The third-order valence-electron chi connectivity index (χ3n) is 2.44. The van der Waals surface area contributed by atoms with E-state index in [9.17, 15) is 0 Å². The molecule has 0 spiro atoms. The van der Waals surface area contributed by atoms with Crippen LogP contribution in [0, 0.1) is 0 Å². The summed E-state index contributed by atoms with van der Waals surface area (Å²) in [5.74, 6) is 1.27. The van der Waals surface area contributed by atoms with Gasteiger partial charge in [-0.2, -0.15) is 11.8 Å². The van der Waals surface area contributed by atoms with Gasteiger partial charge in [-0.25, -0.2) is 0 Å². The lowest BCUT2D eigenvalue weighted by Gasteiger charge is -2.10. The molecule has 1 nitrogen and oxygen atoms in total. The van der Waals surface area contributed by atoms with Crippen molar-refractivity contribution < 1.29 is 0 Å². The van der Waals surface area contributed by atoms with Crippen LogP contribution in [-0.4, -0.2) is 17.0 Å². The Bertz CT molecular complexity index is 300. The van der Waals surface area contributed by atoms with Crippen LogP contribution in [-0.2, 0) is 6.54 Å². The zero-order valence-corrected chi connectivity index (χ0v) is 11.3. The number of nitrogens with one attached hydrogen (secondary N) is 1. The molecule has 1 aliphatic rings. The van der Waals surface area contributed by atoms with Crippen molar-refractivity contribution in [3.05, 3.63) is 20.8 Å². The van der Waals surface area contributed by atoms with Crippen molar-refractivity contribution in [2.45, 2.75) is 31.2 Å². The highest BCUT2D eigenvalue weighted by Crippen LogP contribution is 2.27. The predicted molar refractivity (Wildman–Crippen MR) is 69.2 cm³/mol. The molecule has 1 fully saturated rings. The van der Waals surface area contributed by atoms with Crippen molar-refractivity contribution in [1.29, 1.82) is 0 Å². The van der Waals surface area contributed by atoms with Gasteiger partial charge in [0.25, 0.3) is 0 Å². The van der Waals surface area contributed by atoms with Crippen LogP contribution < -0.4 is 5.32 Å². The summed E-state index contributed by atoms with van der Waals surface area (Å²) in [4.78, 5) is 1.41. The van der Waals surface area contributed by atoms with Gasteiger partial charge in [0.05, 0.1) is 0 Å². The summed E-state index contributed by atoms with van der Waals surface area (Å²) in [5, 5.41) is 6.58. The molecule has 0 saturated carbocycles. The van der Waals surface area contributed by atoms with Crippen LogP contribution in [0.4, 0.5) is 0 Å². The summed E-state index contributed by atoms with van der Waals surface area (Å²) in [7, 11) is 0. The molecule has 4 heteroatoms. The molecule has 2 unspecified atom stereocenters. The summed E-state index contributed by atoms with van der Waals surface area (Å²) >= 11 is 7.45. The molecular formula is C10H14BrNS2. The number of rotatable bonds is 3. The summed E-state index contributed by atoms with van der Waals surface area (Å²) in [6.07, 6.45) is 1.31. The number of thioether (sulfide) groups is 1. The summed E-state index contributed by atoms with van der Waals surface area (Å²) in [5.41, 5.74) is 0. The molecule has 0 aliphatic carbocycles. The first kappa shape index (κ1) is 11.0. The Morgan fingerprint density at radius 1 is 1.64 bits per heavy atom. The van der Waals surface area contributed by atoms with E-state index >= 15 is 0 Å². The molecule has 2 rings (SSSR count). The molecule has 1 N–H and O–H groups in total. The number of hydrogen-bond acceptors (Lipinski definition) is 3. The second-order valence-corrected chi connectivity index (χ2v) is 6.98. The molecule has 1 aromatic rings. The molecule has 0 bridgehead atoms. The van der Waals surface area contributed by atoms with Gasteiger partial charge in [0, 0.05) is 32.9 Å². The smallest absolute Gasteiger partial charge is 0.0327 e. The fourth-order valence-electron chi connectivity index (χ4n) is 1.65. The van der Waals surface area contributed by atoms with Crippen molar-refractivity contribution in [2.75, 3.05) is 5.75 Å². The molecular weight excluding hydrogens is 278 g/mol. The average molecular weight is 292 g/mol. The fraction of sp³-hybridized carbons (Fsp3) is 0.600. The fourth-order valence-corrected chi connectivity index (χ4v) is 4.27. The highest BCUT2D eigenvalue weighted by Gasteiger charge is 2.21. The molecule has 1 aromatic heterocycles. The lowest BCUT2D eigenvalue weighted by Crippen LogP contribution is -2.28. The molecule has 0 radical (unpaired) electrons. The first-order valence-corrected chi connectivity index (χ1v) is 7.54. The van der Waals surface area contributed by atoms with Gasteiger partial charge in [0.1, 0.15) is 0 Å². The van der Waals surface area contributed by atoms with E-state index in [0.717, 1.165) is 11.8 Å². The molecule has 0 aromatic carbocycles. The highest BCUT2D eigenvalue weighted by molar-refractivity contribution is 9.10. The largest absolute Gasteiger partial charge is 0.308 e. The highest BCUT2D eigenvalue weighted by atomic mass is 79.9. The lowest BCUT2D eigenvalue weighted by atomic mass is 10.2. The first-order chi connectivity index (χ1) is 6.75. The predicted octanol–water partition coefficient (Wildman–Crippen LogP) is 3.49. The van der Waals surface area contributed by atoms with Gasteiger partial charge in [-0.05, 0) is 33.8 Å². The van der Waals surface area contributed by atoms with E-state index in [1.54, 1.807) is 0 Å². The number of halogens is 1.